The number of carbonyl (C=O) groups is 1. The van der Waals surface area contributed by atoms with Gasteiger partial charge in [-0.15, -0.1) is 0 Å². The third-order valence-corrected chi connectivity index (χ3v) is 8.03. The molecule has 5 rings (SSSR count). The van der Waals surface area contributed by atoms with Crippen molar-refractivity contribution in [3.63, 3.8) is 0 Å². The molecule has 2 aliphatic rings. The molecule has 7 nitrogen and oxygen atoms in total. The van der Waals surface area contributed by atoms with Crippen LogP contribution in [0.4, 0.5) is 5.82 Å². The summed E-state index contributed by atoms with van der Waals surface area (Å²) >= 11 is 5.30. The molecule has 1 amide bonds. The summed E-state index contributed by atoms with van der Waals surface area (Å²) in [6.07, 6.45) is 13.2. The van der Waals surface area contributed by atoms with Crippen LogP contribution in [0, 0.1) is 6.92 Å². The first kappa shape index (κ1) is 31.4. The summed E-state index contributed by atoms with van der Waals surface area (Å²) in [6, 6.07) is 14.7. The van der Waals surface area contributed by atoms with Gasteiger partial charge in [0.2, 0.25) is 0 Å². The molecule has 0 aliphatic carbocycles. The molecule has 2 saturated heterocycles. The molecule has 222 valence electrons. The molecule has 3 N–H and O–H groups in total. The second kappa shape index (κ2) is 15.6. The number of hydrogen-bond acceptors (Lipinski definition) is 6. The number of benzene rings is 1. The lowest BCUT2D eigenvalue weighted by Gasteiger charge is -2.33. The quantitative estimate of drug-likeness (QED) is 0.326. The van der Waals surface area contributed by atoms with E-state index in [2.05, 4.69) is 38.8 Å². The molecule has 2 aromatic heterocycles. The highest BCUT2D eigenvalue weighted by molar-refractivity contribution is 6.30. The summed E-state index contributed by atoms with van der Waals surface area (Å²) in [5.41, 5.74) is 11.1. The Hall–Kier alpha value is -3.52. The molecule has 2 aliphatic heterocycles. The summed E-state index contributed by atoms with van der Waals surface area (Å²) in [4.78, 5) is 26.9. The maximum absolute atomic E-state index is 13.1. The minimum Gasteiger partial charge on any atom is -0.356 e. The van der Waals surface area contributed by atoms with Gasteiger partial charge in [-0.2, -0.15) is 0 Å². The van der Waals surface area contributed by atoms with Gasteiger partial charge in [0.25, 0.3) is 5.91 Å². The molecular weight excluding hydrogens is 544 g/mol. The van der Waals surface area contributed by atoms with E-state index >= 15 is 0 Å². The normalized spacial score (nSPS) is 16.6. The first-order valence-electron chi connectivity index (χ1n) is 14.8. The lowest BCUT2D eigenvalue weighted by Crippen LogP contribution is -2.45. The van der Waals surface area contributed by atoms with Crippen LogP contribution in [0.5, 0.6) is 0 Å². The number of anilines is 1. The number of hydrogen-bond donors (Lipinski definition) is 2. The summed E-state index contributed by atoms with van der Waals surface area (Å²) < 4.78 is 0. The number of amides is 1. The molecular formula is C34H43ClN6O. The Morgan fingerprint density at radius 3 is 2.43 bits per heavy atom. The zero-order chi connectivity index (χ0) is 29.9. The monoisotopic (exact) mass is 586 g/mol. The molecule has 0 radical (unpaired) electrons. The Balaban J connectivity index is 0.000000612. The van der Waals surface area contributed by atoms with E-state index in [0.717, 1.165) is 86.5 Å². The maximum atomic E-state index is 13.1. The Kier molecular flexibility index (Phi) is 11.7. The number of rotatable bonds is 7. The highest BCUT2D eigenvalue weighted by atomic mass is 35.5. The fourth-order valence-corrected chi connectivity index (χ4v) is 5.61. The average molecular weight is 587 g/mol. The number of allylic oxidation sites excluding steroid dienone is 3. The molecule has 0 atom stereocenters. The van der Waals surface area contributed by atoms with Crippen molar-refractivity contribution >= 4 is 23.3 Å². The second-order valence-corrected chi connectivity index (χ2v) is 11.5. The van der Waals surface area contributed by atoms with Gasteiger partial charge in [-0.3, -0.25) is 14.7 Å². The third kappa shape index (κ3) is 8.99. The predicted octanol–water partition coefficient (Wildman–Crippen LogP) is 6.09. The number of aromatic nitrogens is 2. The van der Waals surface area contributed by atoms with E-state index in [1.165, 1.54) is 5.56 Å². The number of nitrogens with zero attached hydrogens (tertiary/aromatic N) is 4. The maximum Gasteiger partial charge on any atom is 0.251 e. The van der Waals surface area contributed by atoms with Crippen molar-refractivity contribution in [1.82, 2.24) is 20.2 Å². The van der Waals surface area contributed by atoms with Gasteiger partial charge in [-0.25, -0.2) is 4.98 Å². The number of halogens is 1. The third-order valence-electron chi connectivity index (χ3n) is 7.90. The molecule has 2 fully saturated rings. The minimum absolute atomic E-state index is 0.00200. The SMILES string of the molecule is C=C(Cl)/C=C\C.Cc1c(C(=O)NC2CCN(c3ccc(CN4CCC(N)CC4)cn3)CC2)cccc1-c1cccnc1. The molecule has 0 unspecified atom stereocenters. The van der Waals surface area contributed by atoms with E-state index in [-0.39, 0.29) is 11.9 Å². The van der Waals surface area contributed by atoms with Crippen LogP contribution >= 0.6 is 11.6 Å². The van der Waals surface area contributed by atoms with Gasteiger partial charge < -0.3 is 16.0 Å². The van der Waals surface area contributed by atoms with Crippen LogP contribution in [0.1, 0.15) is 54.1 Å². The average Bonchev–Trinajstić information content (AvgIpc) is 3.00. The largest absolute Gasteiger partial charge is 0.356 e. The molecule has 0 spiro atoms. The van der Waals surface area contributed by atoms with Gasteiger partial charge in [-0.05, 0) is 93.6 Å². The highest BCUT2D eigenvalue weighted by Gasteiger charge is 2.23. The predicted molar refractivity (Wildman–Crippen MR) is 174 cm³/mol. The molecule has 42 heavy (non-hydrogen) atoms. The van der Waals surface area contributed by atoms with Crippen molar-refractivity contribution in [2.24, 2.45) is 5.73 Å². The Bertz CT molecular complexity index is 1330. The fourth-order valence-electron chi connectivity index (χ4n) is 5.48. The number of nitrogens with one attached hydrogen (secondary N) is 1. The van der Waals surface area contributed by atoms with Gasteiger partial charge in [-0.1, -0.05) is 48.5 Å². The van der Waals surface area contributed by atoms with Crippen LogP contribution in [-0.2, 0) is 6.54 Å². The Morgan fingerprint density at radius 2 is 1.83 bits per heavy atom. The van der Waals surface area contributed by atoms with Crippen molar-refractivity contribution in [1.29, 1.82) is 0 Å². The fraction of sp³-hybridized carbons (Fsp3) is 0.382. The number of carbonyl (C=O) groups excluding carboxylic acids is 1. The number of piperidine rings is 2. The minimum atomic E-state index is -0.00200. The smallest absolute Gasteiger partial charge is 0.251 e. The molecule has 0 bridgehead atoms. The van der Waals surface area contributed by atoms with E-state index in [0.29, 0.717) is 11.1 Å². The summed E-state index contributed by atoms with van der Waals surface area (Å²) in [6.45, 7) is 12.2. The van der Waals surface area contributed by atoms with Crippen molar-refractivity contribution in [2.75, 3.05) is 31.1 Å². The van der Waals surface area contributed by atoms with E-state index in [9.17, 15) is 4.79 Å². The Morgan fingerprint density at radius 1 is 1.07 bits per heavy atom. The van der Waals surface area contributed by atoms with Crippen LogP contribution < -0.4 is 16.0 Å². The second-order valence-electron chi connectivity index (χ2n) is 11.0. The van der Waals surface area contributed by atoms with Gasteiger partial charge in [0.15, 0.2) is 0 Å². The zero-order valence-electron chi connectivity index (χ0n) is 24.8. The molecule has 1 aromatic carbocycles. The van der Waals surface area contributed by atoms with E-state index in [1.54, 1.807) is 12.3 Å². The summed E-state index contributed by atoms with van der Waals surface area (Å²) in [5.74, 6) is 1.02. The van der Waals surface area contributed by atoms with Crippen LogP contribution in [0.15, 0.2) is 84.8 Å². The van der Waals surface area contributed by atoms with Gasteiger partial charge in [0.1, 0.15) is 5.82 Å². The topological polar surface area (TPSA) is 87.4 Å². The molecule has 3 aromatic rings. The van der Waals surface area contributed by atoms with Crippen LogP contribution in [0.25, 0.3) is 11.1 Å². The number of likely N-dealkylation sites (tertiary alicyclic amines) is 1. The molecule has 8 heteroatoms. The zero-order valence-corrected chi connectivity index (χ0v) is 25.6. The van der Waals surface area contributed by atoms with E-state index in [1.807, 2.05) is 62.6 Å². The van der Waals surface area contributed by atoms with Gasteiger partial charge in [0, 0.05) is 66.5 Å². The Labute approximate surface area is 255 Å². The molecule has 4 heterocycles. The first-order valence-corrected chi connectivity index (χ1v) is 15.2. The highest BCUT2D eigenvalue weighted by Crippen LogP contribution is 2.26. The van der Waals surface area contributed by atoms with Crippen molar-refractivity contribution in [3.05, 3.63) is 102 Å². The summed E-state index contributed by atoms with van der Waals surface area (Å²) in [5, 5.41) is 3.85. The first-order chi connectivity index (χ1) is 20.3. The standard InChI is InChI=1S/C29H36N6O.C5H7Cl/c1-21-26(23-4-3-13-31-19-23)5-2-6-27(21)29(36)33-25-11-16-35(17-12-25)28-8-7-22(18-32-28)20-34-14-9-24(30)10-15-34;1-3-4-5(2)6/h2-8,13,18-19,24-25H,9-12,14-17,20,30H2,1H3,(H,33,36);3-4H,2H2,1H3/b;4-3-. The lowest BCUT2D eigenvalue weighted by atomic mass is 9.96. The van der Waals surface area contributed by atoms with Crippen LogP contribution in [0.2, 0.25) is 0 Å². The van der Waals surface area contributed by atoms with E-state index < -0.39 is 0 Å². The lowest BCUT2D eigenvalue weighted by molar-refractivity contribution is 0.0930. The summed E-state index contributed by atoms with van der Waals surface area (Å²) in [7, 11) is 0. The van der Waals surface area contributed by atoms with Gasteiger partial charge in [0.05, 0.1) is 0 Å². The van der Waals surface area contributed by atoms with Crippen molar-refractivity contribution < 1.29 is 4.79 Å². The van der Waals surface area contributed by atoms with E-state index in [4.69, 9.17) is 22.3 Å². The van der Waals surface area contributed by atoms with Crippen LogP contribution in [0.3, 0.4) is 0 Å². The van der Waals surface area contributed by atoms with Crippen LogP contribution in [-0.4, -0.2) is 59.0 Å². The number of nitrogens with two attached hydrogens (primary N) is 1. The van der Waals surface area contributed by atoms with Crippen molar-refractivity contribution in [3.8, 4) is 11.1 Å². The number of pyridine rings is 2. The molecule has 0 saturated carbocycles. The van der Waals surface area contributed by atoms with Gasteiger partial charge >= 0.3 is 0 Å². The van der Waals surface area contributed by atoms with Crippen molar-refractivity contribution in [2.45, 2.75) is 58.2 Å².